The minimum atomic E-state index is -0.258. The van der Waals surface area contributed by atoms with Crippen LogP contribution in [0.4, 0.5) is 4.39 Å². The highest BCUT2D eigenvalue weighted by Gasteiger charge is 2.17. The summed E-state index contributed by atoms with van der Waals surface area (Å²) in [5, 5.41) is 8.20. The first kappa shape index (κ1) is 16.0. The van der Waals surface area contributed by atoms with Gasteiger partial charge >= 0.3 is 0 Å². The topological polar surface area (TPSA) is 29.9 Å². The van der Waals surface area contributed by atoms with Crippen molar-refractivity contribution in [3.8, 4) is 0 Å². The van der Waals surface area contributed by atoms with E-state index >= 15 is 0 Å². The van der Waals surface area contributed by atoms with E-state index in [1.807, 2.05) is 24.0 Å². The van der Waals surface area contributed by atoms with Crippen LogP contribution in [0.3, 0.4) is 0 Å². The number of hydrogen-bond acceptors (Lipinski definition) is 2. The van der Waals surface area contributed by atoms with Gasteiger partial charge in [0.05, 0.1) is 6.20 Å². The lowest BCUT2D eigenvalue weighted by Gasteiger charge is -2.17. The van der Waals surface area contributed by atoms with E-state index in [9.17, 15) is 4.39 Å². The maximum Gasteiger partial charge on any atom is 0.127 e. The van der Waals surface area contributed by atoms with E-state index < -0.39 is 0 Å². The molecule has 0 saturated heterocycles. The lowest BCUT2D eigenvalue weighted by molar-refractivity contribution is 0.526. The number of benzene rings is 1. The Balaban J connectivity index is 2.22. The standard InChI is InChI=1S/C16H21ClFN3/c1-3-8-21-11-12(10-20-21)16(19-4-2)9-13-14(17)6-5-7-15(13)18/h5-7,10-11,16,19H,3-4,8-9H2,1-2H3. The van der Waals surface area contributed by atoms with Crippen LogP contribution in [0.25, 0.3) is 0 Å². The third kappa shape index (κ3) is 4.05. The van der Waals surface area contributed by atoms with Crippen molar-refractivity contribution in [1.29, 1.82) is 0 Å². The van der Waals surface area contributed by atoms with Crippen molar-refractivity contribution < 1.29 is 4.39 Å². The molecule has 0 aliphatic carbocycles. The minimum absolute atomic E-state index is 0.00926. The van der Waals surface area contributed by atoms with Crippen molar-refractivity contribution in [1.82, 2.24) is 15.1 Å². The van der Waals surface area contributed by atoms with Crippen molar-refractivity contribution in [3.05, 3.63) is 52.6 Å². The van der Waals surface area contributed by atoms with E-state index in [0.717, 1.165) is 25.1 Å². The minimum Gasteiger partial charge on any atom is -0.310 e. The maximum atomic E-state index is 14.0. The Morgan fingerprint density at radius 3 is 2.86 bits per heavy atom. The molecule has 5 heteroatoms. The molecule has 0 spiro atoms. The fourth-order valence-electron chi connectivity index (χ4n) is 2.40. The van der Waals surface area contributed by atoms with Crippen molar-refractivity contribution >= 4 is 11.6 Å². The Morgan fingerprint density at radius 2 is 2.19 bits per heavy atom. The summed E-state index contributed by atoms with van der Waals surface area (Å²) < 4.78 is 15.9. The van der Waals surface area contributed by atoms with E-state index in [4.69, 9.17) is 11.6 Å². The summed E-state index contributed by atoms with van der Waals surface area (Å²) in [6, 6.07) is 4.81. The van der Waals surface area contributed by atoms with Crippen molar-refractivity contribution in [3.63, 3.8) is 0 Å². The summed E-state index contributed by atoms with van der Waals surface area (Å²) >= 11 is 6.13. The molecule has 0 saturated carbocycles. The Kier molecular flexibility index (Phi) is 5.76. The SMILES string of the molecule is CCCn1cc(C(Cc2c(F)cccc2Cl)NCC)cn1. The van der Waals surface area contributed by atoms with E-state index in [1.165, 1.54) is 6.07 Å². The van der Waals surface area contributed by atoms with Gasteiger partial charge in [0.2, 0.25) is 0 Å². The number of nitrogens with zero attached hydrogens (tertiary/aromatic N) is 2. The van der Waals surface area contributed by atoms with Gasteiger partial charge in [0.15, 0.2) is 0 Å². The number of aromatic nitrogens is 2. The number of likely N-dealkylation sites (N-methyl/N-ethyl adjacent to an activating group) is 1. The molecular formula is C16H21ClFN3. The van der Waals surface area contributed by atoms with Crippen LogP contribution in [0, 0.1) is 5.82 Å². The van der Waals surface area contributed by atoms with Gasteiger partial charge in [-0.25, -0.2) is 4.39 Å². The third-order valence-electron chi connectivity index (χ3n) is 3.43. The molecule has 0 amide bonds. The lowest BCUT2D eigenvalue weighted by atomic mass is 10.0. The molecule has 3 nitrogen and oxygen atoms in total. The van der Waals surface area contributed by atoms with Crippen LogP contribution >= 0.6 is 11.6 Å². The van der Waals surface area contributed by atoms with Gasteiger partial charge in [-0.15, -0.1) is 0 Å². The van der Waals surface area contributed by atoms with Crippen LogP contribution in [-0.4, -0.2) is 16.3 Å². The Morgan fingerprint density at radius 1 is 1.38 bits per heavy atom. The summed E-state index contributed by atoms with van der Waals surface area (Å²) in [4.78, 5) is 0. The van der Waals surface area contributed by atoms with Crippen LogP contribution < -0.4 is 5.32 Å². The monoisotopic (exact) mass is 309 g/mol. The number of nitrogens with one attached hydrogen (secondary N) is 1. The zero-order valence-corrected chi connectivity index (χ0v) is 13.2. The van der Waals surface area contributed by atoms with Gasteiger partial charge in [0.1, 0.15) is 5.82 Å². The molecule has 1 atom stereocenters. The van der Waals surface area contributed by atoms with Gasteiger partial charge in [0.25, 0.3) is 0 Å². The van der Waals surface area contributed by atoms with Gasteiger partial charge in [-0.3, -0.25) is 4.68 Å². The number of halogens is 2. The van der Waals surface area contributed by atoms with E-state index in [0.29, 0.717) is 17.0 Å². The first-order chi connectivity index (χ1) is 10.2. The highest BCUT2D eigenvalue weighted by molar-refractivity contribution is 6.31. The molecular weight excluding hydrogens is 289 g/mol. The van der Waals surface area contributed by atoms with Gasteiger partial charge in [-0.2, -0.15) is 5.10 Å². The molecule has 0 bridgehead atoms. The lowest BCUT2D eigenvalue weighted by Crippen LogP contribution is -2.23. The molecule has 1 aromatic heterocycles. The highest BCUT2D eigenvalue weighted by atomic mass is 35.5. The fourth-order valence-corrected chi connectivity index (χ4v) is 2.64. The van der Waals surface area contributed by atoms with Crippen molar-refractivity contribution in [2.24, 2.45) is 0 Å². The fraction of sp³-hybridized carbons (Fsp3) is 0.438. The molecule has 1 aromatic carbocycles. The summed E-state index contributed by atoms with van der Waals surface area (Å²) in [6.07, 6.45) is 5.41. The van der Waals surface area contributed by atoms with Gasteiger partial charge < -0.3 is 5.32 Å². The van der Waals surface area contributed by atoms with Gasteiger partial charge in [0, 0.05) is 34.9 Å². The molecule has 2 rings (SSSR count). The zero-order chi connectivity index (χ0) is 15.2. The smallest absolute Gasteiger partial charge is 0.127 e. The van der Waals surface area contributed by atoms with Gasteiger partial charge in [-0.05, 0) is 31.5 Å². The average molecular weight is 310 g/mol. The van der Waals surface area contributed by atoms with E-state index in [-0.39, 0.29) is 11.9 Å². The normalized spacial score (nSPS) is 12.6. The summed E-state index contributed by atoms with van der Waals surface area (Å²) in [7, 11) is 0. The molecule has 0 fully saturated rings. The second-order valence-electron chi connectivity index (χ2n) is 5.05. The van der Waals surface area contributed by atoms with Crippen molar-refractivity contribution in [2.75, 3.05) is 6.54 Å². The molecule has 2 aromatic rings. The molecule has 114 valence electrons. The van der Waals surface area contributed by atoms with Crippen LogP contribution in [0.15, 0.2) is 30.6 Å². The molecule has 21 heavy (non-hydrogen) atoms. The second kappa shape index (κ2) is 7.57. The summed E-state index contributed by atoms with van der Waals surface area (Å²) in [5.74, 6) is -0.258. The van der Waals surface area contributed by atoms with Crippen LogP contribution in [0.1, 0.15) is 37.4 Å². The molecule has 1 unspecified atom stereocenters. The first-order valence-corrected chi connectivity index (χ1v) is 7.72. The van der Waals surface area contributed by atoms with Gasteiger partial charge in [-0.1, -0.05) is 31.5 Å². The Labute approximate surface area is 130 Å². The Bertz CT molecular complexity index is 562. The Hall–Kier alpha value is -1.39. The molecule has 0 aliphatic rings. The molecule has 1 heterocycles. The number of aryl methyl sites for hydroxylation is 1. The maximum absolute atomic E-state index is 14.0. The number of rotatable bonds is 7. The van der Waals surface area contributed by atoms with E-state index in [2.05, 4.69) is 17.3 Å². The molecule has 0 radical (unpaired) electrons. The predicted octanol–water partition coefficient (Wildman–Crippen LogP) is 3.98. The van der Waals surface area contributed by atoms with E-state index in [1.54, 1.807) is 12.1 Å². The number of hydrogen-bond donors (Lipinski definition) is 1. The summed E-state index contributed by atoms with van der Waals surface area (Å²) in [5.41, 5.74) is 1.61. The molecule has 1 N–H and O–H groups in total. The van der Waals surface area contributed by atoms with Crippen LogP contribution in [0.2, 0.25) is 5.02 Å². The second-order valence-corrected chi connectivity index (χ2v) is 5.46. The third-order valence-corrected chi connectivity index (χ3v) is 3.78. The first-order valence-electron chi connectivity index (χ1n) is 7.34. The van der Waals surface area contributed by atoms with Crippen molar-refractivity contribution in [2.45, 2.75) is 39.3 Å². The summed E-state index contributed by atoms with van der Waals surface area (Å²) in [6.45, 7) is 5.84. The predicted molar refractivity (Wildman–Crippen MR) is 84.0 cm³/mol. The zero-order valence-electron chi connectivity index (χ0n) is 12.4. The average Bonchev–Trinajstić information content (AvgIpc) is 2.91. The molecule has 0 aliphatic heterocycles. The quantitative estimate of drug-likeness (QED) is 0.838. The highest BCUT2D eigenvalue weighted by Crippen LogP contribution is 2.25. The van der Waals surface area contributed by atoms with Crippen LogP contribution in [0.5, 0.6) is 0 Å². The van der Waals surface area contributed by atoms with Crippen LogP contribution in [-0.2, 0) is 13.0 Å². The largest absolute Gasteiger partial charge is 0.310 e.